The summed E-state index contributed by atoms with van der Waals surface area (Å²) < 4.78 is 14.6. The molecule has 0 radical (unpaired) electrons. The van der Waals surface area contributed by atoms with Crippen LogP contribution in [0.15, 0.2) is 79.1 Å². The van der Waals surface area contributed by atoms with E-state index in [1.807, 2.05) is 12.4 Å². The molecule has 1 saturated carbocycles. The van der Waals surface area contributed by atoms with Crippen molar-refractivity contribution in [2.45, 2.75) is 37.8 Å². The van der Waals surface area contributed by atoms with Gasteiger partial charge in [0.2, 0.25) is 11.8 Å². The lowest BCUT2D eigenvalue weighted by Crippen LogP contribution is -2.72. The summed E-state index contributed by atoms with van der Waals surface area (Å²) in [5.41, 5.74) is 5.62. The molecule has 12 nitrogen and oxygen atoms in total. The van der Waals surface area contributed by atoms with Crippen LogP contribution in [0.1, 0.15) is 46.4 Å². The third kappa shape index (κ3) is 5.95. The number of hydrogen-bond donors (Lipinski definition) is 1. The van der Waals surface area contributed by atoms with Crippen molar-refractivity contribution < 1.29 is 28.7 Å². The summed E-state index contributed by atoms with van der Waals surface area (Å²) >= 11 is 0. The average molecular weight is 739 g/mol. The minimum absolute atomic E-state index is 0.0901. The van der Waals surface area contributed by atoms with E-state index in [9.17, 15) is 19.2 Å². The smallest absolute Gasteiger partial charge is 0.262 e. The second kappa shape index (κ2) is 13.0. The van der Waals surface area contributed by atoms with Crippen molar-refractivity contribution in [1.82, 2.24) is 29.6 Å². The highest BCUT2D eigenvalue weighted by atomic mass is 16.5. The van der Waals surface area contributed by atoms with Gasteiger partial charge in [0, 0.05) is 86.8 Å². The Bertz CT molecular complexity index is 2390. The van der Waals surface area contributed by atoms with E-state index in [1.54, 1.807) is 18.2 Å². The van der Waals surface area contributed by atoms with Gasteiger partial charge in [-0.15, -0.1) is 0 Å². The number of nitrogens with zero attached hydrogens (tertiary/aromatic N) is 5. The normalized spacial score (nSPS) is 23.4. The van der Waals surface area contributed by atoms with Crippen molar-refractivity contribution in [1.29, 1.82) is 0 Å². The summed E-state index contributed by atoms with van der Waals surface area (Å²) in [5.74, 6) is 0.0760. The van der Waals surface area contributed by atoms with Gasteiger partial charge in [0.15, 0.2) is 0 Å². The highest BCUT2D eigenvalue weighted by molar-refractivity contribution is 6.23. The molecule has 4 amide bonds. The fraction of sp³-hybridized carbons (Fsp3) is 0.372. The van der Waals surface area contributed by atoms with E-state index < -0.39 is 29.7 Å². The molecular weight excluding hydrogens is 697 g/mol. The Morgan fingerprint density at radius 3 is 2.35 bits per heavy atom. The number of carbonyl (C=O) groups is 4. The van der Waals surface area contributed by atoms with E-state index >= 15 is 0 Å². The molecule has 5 aromatic rings. The molecule has 280 valence electrons. The van der Waals surface area contributed by atoms with Gasteiger partial charge in [-0.2, -0.15) is 0 Å². The molecule has 3 aromatic carbocycles. The van der Waals surface area contributed by atoms with E-state index in [0.29, 0.717) is 23.7 Å². The highest BCUT2D eigenvalue weighted by Gasteiger charge is 2.52. The maximum absolute atomic E-state index is 13.1. The third-order valence-corrected chi connectivity index (χ3v) is 12.3. The first-order valence-electron chi connectivity index (χ1n) is 19.2. The first-order valence-corrected chi connectivity index (χ1v) is 19.2. The van der Waals surface area contributed by atoms with Crippen LogP contribution in [0.5, 0.6) is 11.5 Å². The number of benzene rings is 3. The van der Waals surface area contributed by atoms with Crippen molar-refractivity contribution in [3.05, 3.63) is 90.3 Å². The van der Waals surface area contributed by atoms with Crippen molar-refractivity contribution >= 4 is 45.4 Å². The predicted molar refractivity (Wildman–Crippen MR) is 205 cm³/mol. The van der Waals surface area contributed by atoms with E-state index in [-0.39, 0.29) is 30.1 Å². The Kier molecular flexibility index (Phi) is 8.04. The van der Waals surface area contributed by atoms with Gasteiger partial charge in [0.05, 0.1) is 22.7 Å². The van der Waals surface area contributed by atoms with E-state index in [2.05, 4.69) is 80.2 Å². The van der Waals surface area contributed by atoms with Crippen LogP contribution in [0, 0.1) is 11.3 Å². The van der Waals surface area contributed by atoms with Crippen LogP contribution >= 0.6 is 0 Å². The van der Waals surface area contributed by atoms with Crippen LogP contribution in [0.3, 0.4) is 0 Å². The number of amides is 4. The molecule has 0 bridgehead atoms. The van der Waals surface area contributed by atoms with Crippen molar-refractivity contribution in [3.8, 4) is 22.6 Å². The number of pyridine rings is 1. The first kappa shape index (κ1) is 33.9. The Labute approximate surface area is 318 Å². The maximum atomic E-state index is 13.1. The number of likely N-dealkylation sites (tertiary alicyclic amines) is 2. The topological polar surface area (TPSA) is 126 Å². The molecule has 2 aromatic heterocycles. The Morgan fingerprint density at radius 1 is 0.800 bits per heavy atom. The number of aromatic nitrogens is 2. The lowest BCUT2D eigenvalue weighted by atomic mass is 9.71. The predicted octanol–water partition coefficient (Wildman–Crippen LogP) is 4.65. The molecule has 6 heterocycles. The zero-order chi connectivity index (χ0) is 37.4. The van der Waals surface area contributed by atoms with Crippen LogP contribution in [0.4, 0.5) is 0 Å². The summed E-state index contributed by atoms with van der Waals surface area (Å²) in [5, 5.41) is 4.62. The molecular formula is C43H42N6O6. The van der Waals surface area contributed by atoms with Crippen LogP contribution in [0.25, 0.3) is 32.9 Å². The molecule has 1 spiro atoms. The standard InChI is InChI=1S/C43H42N6O6/c1-46-36-12-13-44-20-35(36)32-8-4-28(18-38(32)46)27-2-5-29(6-3-27)55-31-16-26(17-31)21-48-24-43(25-48)22-47(23-43)14-15-54-30-7-9-33-34(19-30)42(53)49(41(33)52)37-10-11-39(50)45-40(37)51/h2-9,12-13,18-20,26,31,37H,10-11,14-17,21-25H2,1H3,(H,45,50,51). The zero-order valence-corrected chi connectivity index (χ0v) is 30.7. The third-order valence-electron chi connectivity index (χ3n) is 12.3. The van der Waals surface area contributed by atoms with Crippen molar-refractivity contribution in [2.75, 3.05) is 45.9 Å². The SMILES string of the molecule is Cn1c2ccncc2c2ccc(-c3ccc(OC4CC(CN5CC6(CN(CCOc7ccc8c(c7)C(=O)N(C7CCC(=O)NC7=O)C8=O)C6)C5)C4)cc3)cc21. The molecule has 1 N–H and O–H groups in total. The number of nitrogens with one attached hydrogen (secondary N) is 1. The van der Waals surface area contributed by atoms with Gasteiger partial charge in [-0.3, -0.25) is 39.3 Å². The van der Waals surface area contributed by atoms with Gasteiger partial charge in [-0.05, 0) is 78.8 Å². The molecule has 1 unspecified atom stereocenters. The van der Waals surface area contributed by atoms with Crippen LogP contribution in [-0.4, -0.2) is 106 Å². The Hall–Kier alpha value is -5.59. The summed E-state index contributed by atoms with van der Waals surface area (Å²) in [6.07, 6.45) is 6.48. The number of piperidine rings is 1. The summed E-state index contributed by atoms with van der Waals surface area (Å²) in [7, 11) is 2.11. The molecule has 3 saturated heterocycles. The minimum Gasteiger partial charge on any atom is -0.492 e. The number of hydrogen-bond acceptors (Lipinski definition) is 9. The van der Waals surface area contributed by atoms with Crippen LogP contribution < -0.4 is 14.8 Å². The number of fused-ring (bicyclic) bond motifs is 4. The summed E-state index contributed by atoms with van der Waals surface area (Å²) in [6, 6.07) is 21.1. The molecule has 4 aliphatic heterocycles. The van der Waals surface area contributed by atoms with Gasteiger partial charge in [-0.25, -0.2) is 0 Å². The molecule has 1 atom stereocenters. The fourth-order valence-electron chi connectivity index (χ4n) is 9.56. The quantitative estimate of drug-likeness (QED) is 0.204. The fourth-order valence-corrected chi connectivity index (χ4v) is 9.56. The van der Waals surface area contributed by atoms with Crippen LogP contribution in [-0.2, 0) is 16.6 Å². The largest absolute Gasteiger partial charge is 0.492 e. The molecule has 55 heavy (non-hydrogen) atoms. The van der Waals surface area contributed by atoms with E-state index in [1.165, 1.54) is 32.9 Å². The van der Waals surface area contributed by atoms with Gasteiger partial charge < -0.3 is 18.9 Å². The van der Waals surface area contributed by atoms with Gasteiger partial charge in [-0.1, -0.05) is 24.3 Å². The van der Waals surface area contributed by atoms with Gasteiger partial charge >= 0.3 is 0 Å². The van der Waals surface area contributed by atoms with Gasteiger partial charge in [0.25, 0.3) is 11.8 Å². The van der Waals surface area contributed by atoms with Crippen molar-refractivity contribution in [2.24, 2.45) is 18.4 Å². The second-order valence-electron chi connectivity index (χ2n) is 16.2. The molecule has 4 fully saturated rings. The molecule has 1 aliphatic carbocycles. The summed E-state index contributed by atoms with van der Waals surface area (Å²) in [4.78, 5) is 60.2. The zero-order valence-electron chi connectivity index (χ0n) is 30.7. The summed E-state index contributed by atoms with van der Waals surface area (Å²) in [6.45, 7) is 6.79. The van der Waals surface area contributed by atoms with Crippen molar-refractivity contribution in [3.63, 3.8) is 0 Å². The monoisotopic (exact) mass is 738 g/mol. The minimum atomic E-state index is -0.978. The number of rotatable bonds is 10. The second-order valence-corrected chi connectivity index (χ2v) is 16.2. The average Bonchev–Trinajstić information content (AvgIpc) is 3.56. The molecule has 5 aliphatic rings. The first-order chi connectivity index (χ1) is 26.7. The molecule has 12 heteroatoms. The molecule has 10 rings (SSSR count). The van der Waals surface area contributed by atoms with E-state index in [0.717, 1.165) is 62.8 Å². The Balaban J connectivity index is 0.639. The number of ether oxygens (including phenoxy) is 2. The van der Waals surface area contributed by atoms with Gasteiger partial charge in [0.1, 0.15) is 24.1 Å². The number of aryl methyl sites for hydroxylation is 1. The maximum Gasteiger partial charge on any atom is 0.262 e. The van der Waals surface area contributed by atoms with E-state index in [4.69, 9.17) is 9.47 Å². The Morgan fingerprint density at radius 2 is 1.55 bits per heavy atom. The lowest BCUT2D eigenvalue weighted by molar-refractivity contribution is -0.136. The lowest BCUT2D eigenvalue weighted by Gasteiger charge is -2.61. The highest BCUT2D eigenvalue weighted by Crippen LogP contribution is 2.42. The van der Waals surface area contributed by atoms with Crippen LogP contribution in [0.2, 0.25) is 0 Å². The number of imide groups is 2. The number of carbonyl (C=O) groups excluding carboxylic acids is 4.